The quantitative estimate of drug-likeness (QED) is 0.792. The van der Waals surface area contributed by atoms with Crippen molar-refractivity contribution in [3.8, 4) is 16.9 Å². The third-order valence-corrected chi connectivity index (χ3v) is 2.85. The van der Waals surface area contributed by atoms with Gasteiger partial charge in [0, 0.05) is 16.8 Å². The third-order valence-electron chi connectivity index (χ3n) is 2.85. The van der Waals surface area contributed by atoms with Crippen LogP contribution in [0, 0.1) is 18.6 Å². The van der Waals surface area contributed by atoms with Crippen LogP contribution >= 0.6 is 0 Å². The van der Waals surface area contributed by atoms with Crippen molar-refractivity contribution in [2.24, 2.45) is 0 Å². The molecule has 4 heteroatoms. The molecule has 0 unspecified atom stereocenters. The van der Waals surface area contributed by atoms with E-state index in [1.54, 1.807) is 6.92 Å². The lowest BCUT2D eigenvalue weighted by molar-refractivity contribution is 0.414. The molecule has 0 fully saturated rings. The van der Waals surface area contributed by atoms with Crippen LogP contribution in [0.25, 0.3) is 17.2 Å². The summed E-state index contributed by atoms with van der Waals surface area (Å²) in [5.74, 6) is -0.474. The Hall–Kier alpha value is -2.23. The first kappa shape index (κ1) is 16.8. The van der Waals surface area contributed by atoms with Gasteiger partial charge in [0.25, 0.3) is 0 Å². The first-order valence-electron chi connectivity index (χ1n) is 6.70. The molecule has 0 saturated carbocycles. The van der Waals surface area contributed by atoms with E-state index in [4.69, 9.17) is 4.74 Å². The van der Waals surface area contributed by atoms with Crippen molar-refractivity contribution in [2.75, 3.05) is 7.11 Å². The topological polar surface area (TPSA) is 22.1 Å². The Morgan fingerprint density at radius 3 is 2.33 bits per heavy atom. The second kappa shape index (κ2) is 7.53. The molecule has 0 aliphatic rings. The Morgan fingerprint density at radius 1 is 1.10 bits per heavy atom. The van der Waals surface area contributed by atoms with Gasteiger partial charge in [0.15, 0.2) is 0 Å². The van der Waals surface area contributed by atoms with Crippen molar-refractivity contribution < 1.29 is 13.5 Å². The highest BCUT2D eigenvalue weighted by Crippen LogP contribution is 2.30. The Morgan fingerprint density at radius 2 is 1.76 bits per heavy atom. The molecule has 112 valence electrons. The predicted octanol–water partition coefficient (Wildman–Crippen LogP) is 5.01. The van der Waals surface area contributed by atoms with E-state index < -0.39 is 11.6 Å². The summed E-state index contributed by atoms with van der Waals surface area (Å²) in [7, 11) is 1.49. The molecule has 0 aliphatic carbocycles. The number of methoxy groups -OCH3 is 1. The highest BCUT2D eigenvalue weighted by molar-refractivity contribution is 5.69. The van der Waals surface area contributed by atoms with Crippen LogP contribution in [-0.2, 0) is 0 Å². The third kappa shape index (κ3) is 3.66. The van der Waals surface area contributed by atoms with E-state index in [9.17, 15) is 8.78 Å². The minimum atomic E-state index is -0.530. The molecule has 0 bridgehead atoms. The average Bonchev–Trinajstić information content (AvgIpc) is 2.52. The van der Waals surface area contributed by atoms with Gasteiger partial charge in [-0.05, 0) is 37.3 Å². The van der Waals surface area contributed by atoms with Crippen molar-refractivity contribution in [3.05, 3.63) is 53.9 Å². The fourth-order valence-corrected chi connectivity index (χ4v) is 1.85. The first-order chi connectivity index (χ1) is 10.1. The molecule has 1 heterocycles. The fourth-order valence-electron chi connectivity index (χ4n) is 1.85. The number of aromatic nitrogens is 1. The van der Waals surface area contributed by atoms with Crippen LogP contribution in [0.2, 0.25) is 0 Å². The summed E-state index contributed by atoms with van der Waals surface area (Å²) in [6.45, 7) is 9.18. The van der Waals surface area contributed by atoms with E-state index in [0.29, 0.717) is 17.0 Å². The molecule has 0 N–H and O–H groups in total. The number of benzene rings is 1. The summed E-state index contributed by atoms with van der Waals surface area (Å²) in [5, 5.41) is 0. The molecule has 0 aliphatic heterocycles. The van der Waals surface area contributed by atoms with Gasteiger partial charge in [0.1, 0.15) is 17.4 Å². The Kier molecular flexibility index (Phi) is 6.03. The minimum Gasteiger partial charge on any atom is -0.497 e. The number of aryl methyl sites for hydroxylation is 1. The van der Waals surface area contributed by atoms with Gasteiger partial charge in [0.05, 0.1) is 12.8 Å². The second-order valence-electron chi connectivity index (χ2n) is 4.04. The molecule has 2 nitrogen and oxygen atoms in total. The van der Waals surface area contributed by atoms with Crippen molar-refractivity contribution >= 4 is 6.08 Å². The zero-order valence-corrected chi connectivity index (χ0v) is 12.7. The second-order valence-corrected chi connectivity index (χ2v) is 4.04. The van der Waals surface area contributed by atoms with E-state index in [0.717, 1.165) is 0 Å². The monoisotopic (exact) mass is 291 g/mol. The lowest BCUT2D eigenvalue weighted by atomic mass is 10.0. The van der Waals surface area contributed by atoms with Gasteiger partial charge in [-0.15, -0.1) is 0 Å². The highest BCUT2D eigenvalue weighted by atomic mass is 19.1. The number of hydrogen-bond donors (Lipinski definition) is 0. The molecule has 0 amide bonds. The van der Waals surface area contributed by atoms with Gasteiger partial charge in [-0.1, -0.05) is 20.4 Å². The van der Waals surface area contributed by atoms with E-state index >= 15 is 0 Å². The molecule has 2 aromatic rings. The van der Waals surface area contributed by atoms with Crippen molar-refractivity contribution in [1.82, 2.24) is 4.98 Å². The van der Waals surface area contributed by atoms with Gasteiger partial charge in [-0.2, -0.15) is 0 Å². The summed E-state index contributed by atoms with van der Waals surface area (Å²) >= 11 is 0. The largest absolute Gasteiger partial charge is 0.497 e. The van der Waals surface area contributed by atoms with Gasteiger partial charge in [-0.25, -0.2) is 8.78 Å². The van der Waals surface area contributed by atoms with Crippen LogP contribution in [-0.4, -0.2) is 12.1 Å². The van der Waals surface area contributed by atoms with Gasteiger partial charge >= 0.3 is 0 Å². The molecule has 0 saturated heterocycles. The lowest BCUT2D eigenvalue weighted by Gasteiger charge is -2.10. The van der Waals surface area contributed by atoms with Crippen LogP contribution in [0.15, 0.2) is 30.8 Å². The summed E-state index contributed by atoms with van der Waals surface area (Å²) in [4.78, 5) is 4.06. The Balaban J connectivity index is 0.00000106. The number of hydrogen-bond acceptors (Lipinski definition) is 2. The number of pyridine rings is 1. The normalized spacial score (nSPS) is 9.62. The molecule has 1 aromatic carbocycles. The number of ether oxygens (including phenoxy) is 1. The Labute approximate surface area is 124 Å². The van der Waals surface area contributed by atoms with Crippen LogP contribution in [0.3, 0.4) is 0 Å². The van der Waals surface area contributed by atoms with E-state index in [2.05, 4.69) is 11.6 Å². The van der Waals surface area contributed by atoms with Gasteiger partial charge in [0.2, 0.25) is 0 Å². The summed E-state index contributed by atoms with van der Waals surface area (Å²) in [5.41, 5.74) is 1.35. The summed E-state index contributed by atoms with van der Waals surface area (Å²) in [6.07, 6.45) is 1.33. The number of nitrogens with zero attached hydrogens (tertiary/aromatic N) is 1. The highest BCUT2D eigenvalue weighted by Gasteiger charge is 2.13. The van der Waals surface area contributed by atoms with Crippen molar-refractivity contribution in [2.45, 2.75) is 20.8 Å². The summed E-state index contributed by atoms with van der Waals surface area (Å²) < 4.78 is 32.7. The maximum absolute atomic E-state index is 13.9. The molecule has 21 heavy (non-hydrogen) atoms. The van der Waals surface area contributed by atoms with Crippen molar-refractivity contribution in [1.29, 1.82) is 0 Å². The Bertz CT molecular complexity index is 639. The smallest absolute Gasteiger partial charge is 0.149 e. The predicted molar refractivity (Wildman–Crippen MR) is 82.3 cm³/mol. The molecule has 0 radical (unpaired) electrons. The number of rotatable bonds is 3. The van der Waals surface area contributed by atoms with Crippen molar-refractivity contribution in [3.63, 3.8) is 0 Å². The maximum atomic E-state index is 13.9. The summed E-state index contributed by atoms with van der Waals surface area (Å²) in [6, 6.07) is 5.58. The maximum Gasteiger partial charge on any atom is 0.149 e. The molecular weight excluding hydrogens is 272 g/mol. The molecule has 0 spiro atoms. The van der Waals surface area contributed by atoms with Gasteiger partial charge < -0.3 is 4.74 Å². The molecule has 2 rings (SSSR count). The SMILES string of the molecule is C=Cc1nc(C)c(-c2cc(OC)ccc2F)cc1F.CC. The van der Waals surface area contributed by atoms with Crippen LogP contribution in [0.1, 0.15) is 25.2 Å². The fraction of sp³-hybridized carbons (Fsp3) is 0.235. The van der Waals surface area contributed by atoms with Crippen LogP contribution in [0.5, 0.6) is 5.75 Å². The van der Waals surface area contributed by atoms with E-state index in [-0.39, 0.29) is 11.3 Å². The zero-order chi connectivity index (χ0) is 16.0. The zero-order valence-electron chi connectivity index (χ0n) is 12.7. The first-order valence-corrected chi connectivity index (χ1v) is 6.70. The molecular formula is C17H19F2NO. The van der Waals surface area contributed by atoms with E-state index in [1.807, 2.05) is 13.8 Å². The van der Waals surface area contributed by atoms with Crippen LogP contribution in [0.4, 0.5) is 8.78 Å². The molecule has 0 atom stereocenters. The van der Waals surface area contributed by atoms with Gasteiger partial charge in [-0.3, -0.25) is 4.98 Å². The molecule has 1 aromatic heterocycles. The standard InChI is InChI=1S/C15H13F2NO.C2H6/c1-4-15-14(17)8-11(9(2)18-15)12-7-10(19-3)5-6-13(12)16;1-2/h4-8H,1H2,2-3H3;1-2H3. The average molecular weight is 291 g/mol. The number of halogens is 2. The lowest BCUT2D eigenvalue weighted by Crippen LogP contribution is -1.97. The van der Waals surface area contributed by atoms with Crippen LogP contribution < -0.4 is 4.74 Å². The van der Waals surface area contributed by atoms with E-state index in [1.165, 1.54) is 37.5 Å². The minimum absolute atomic E-state index is 0.157.